The highest BCUT2D eigenvalue weighted by Crippen LogP contribution is 2.41. The standard InChI is InChI=1S/C20H34O4/c1-11(2)7-9-14-16(15(21)10-8-12(3)4)20(24)17(19(14)23)18(22)13(5)6/h11-16,21,24H,7-10H2,1-6H3. The van der Waals surface area contributed by atoms with Crippen molar-refractivity contribution in [3.63, 3.8) is 0 Å². The molecule has 138 valence electrons. The molecule has 0 amide bonds. The van der Waals surface area contributed by atoms with Crippen LogP contribution in [0.25, 0.3) is 0 Å². The molecule has 0 radical (unpaired) electrons. The number of allylic oxidation sites excluding steroid dienone is 1. The lowest BCUT2D eigenvalue weighted by atomic mass is 9.82. The number of ketones is 2. The van der Waals surface area contributed by atoms with Crippen LogP contribution in [0, 0.1) is 29.6 Å². The summed E-state index contributed by atoms with van der Waals surface area (Å²) in [6, 6.07) is 0. The Hall–Kier alpha value is -1.16. The number of carbonyl (C=O) groups is 2. The molecule has 3 atom stereocenters. The first kappa shape index (κ1) is 20.9. The molecule has 1 aliphatic rings. The van der Waals surface area contributed by atoms with Crippen molar-refractivity contribution in [1.29, 1.82) is 0 Å². The number of aliphatic hydroxyl groups excluding tert-OH is 2. The van der Waals surface area contributed by atoms with E-state index in [1.54, 1.807) is 13.8 Å². The van der Waals surface area contributed by atoms with Crippen LogP contribution >= 0.6 is 0 Å². The first-order chi connectivity index (χ1) is 11.1. The Morgan fingerprint density at radius 3 is 2.00 bits per heavy atom. The highest BCUT2D eigenvalue weighted by atomic mass is 16.3. The van der Waals surface area contributed by atoms with Gasteiger partial charge in [0.05, 0.1) is 17.6 Å². The van der Waals surface area contributed by atoms with Crippen molar-refractivity contribution >= 4 is 11.6 Å². The smallest absolute Gasteiger partial charge is 0.173 e. The summed E-state index contributed by atoms with van der Waals surface area (Å²) >= 11 is 0. The average Bonchev–Trinajstić information content (AvgIpc) is 2.72. The fraction of sp³-hybridized carbons (Fsp3) is 0.800. The molecule has 0 heterocycles. The normalized spacial score (nSPS) is 23.0. The van der Waals surface area contributed by atoms with Crippen LogP contribution in [0.5, 0.6) is 0 Å². The van der Waals surface area contributed by atoms with Crippen molar-refractivity contribution < 1.29 is 19.8 Å². The molecule has 3 unspecified atom stereocenters. The van der Waals surface area contributed by atoms with E-state index in [0.29, 0.717) is 24.7 Å². The lowest BCUT2D eigenvalue weighted by Gasteiger charge is -2.25. The van der Waals surface area contributed by atoms with Crippen molar-refractivity contribution in [2.75, 3.05) is 0 Å². The molecule has 4 heteroatoms. The van der Waals surface area contributed by atoms with Gasteiger partial charge in [0.15, 0.2) is 11.6 Å². The van der Waals surface area contributed by atoms with Crippen LogP contribution < -0.4 is 0 Å². The summed E-state index contributed by atoms with van der Waals surface area (Å²) in [7, 11) is 0. The van der Waals surface area contributed by atoms with Gasteiger partial charge in [-0.2, -0.15) is 0 Å². The Bertz CT molecular complexity index is 488. The van der Waals surface area contributed by atoms with E-state index in [1.165, 1.54) is 0 Å². The molecule has 4 nitrogen and oxygen atoms in total. The number of carbonyl (C=O) groups excluding carboxylic acids is 2. The molecule has 1 aliphatic carbocycles. The second kappa shape index (κ2) is 8.80. The quantitative estimate of drug-likeness (QED) is 0.621. The van der Waals surface area contributed by atoms with Crippen LogP contribution in [-0.2, 0) is 9.59 Å². The van der Waals surface area contributed by atoms with Gasteiger partial charge in [-0.3, -0.25) is 9.59 Å². The zero-order chi connectivity index (χ0) is 18.6. The van der Waals surface area contributed by atoms with Gasteiger partial charge in [-0.1, -0.05) is 48.0 Å². The average molecular weight is 338 g/mol. The van der Waals surface area contributed by atoms with E-state index in [1.807, 2.05) is 0 Å². The summed E-state index contributed by atoms with van der Waals surface area (Å²) in [6.45, 7) is 11.8. The maximum atomic E-state index is 12.8. The third-order valence-electron chi connectivity index (χ3n) is 4.87. The predicted octanol–water partition coefficient (Wildman–Crippen LogP) is 4.07. The molecule has 0 aromatic rings. The van der Waals surface area contributed by atoms with Crippen molar-refractivity contribution in [3.05, 3.63) is 11.3 Å². The number of hydrogen-bond donors (Lipinski definition) is 2. The predicted molar refractivity (Wildman–Crippen MR) is 95.6 cm³/mol. The largest absolute Gasteiger partial charge is 0.511 e. The Kier molecular flexibility index (Phi) is 7.65. The number of Topliss-reactive ketones (excluding diaryl/α,β-unsaturated/α-hetero) is 2. The van der Waals surface area contributed by atoms with Gasteiger partial charge in [0, 0.05) is 11.8 Å². The Morgan fingerprint density at radius 1 is 1.00 bits per heavy atom. The van der Waals surface area contributed by atoms with Gasteiger partial charge in [-0.05, 0) is 31.1 Å². The van der Waals surface area contributed by atoms with E-state index >= 15 is 0 Å². The molecule has 0 spiro atoms. The number of rotatable bonds is 9. The van der Waals surface area contributed by atoms with Gasteiger partial charge >= 0.3 is 0 Å². The van der Waals surface area contributed by atoms with E-state index in [2.05, 4.69) is 27.7 Å². The second-order valence-electron chi connectivity index (χ2n) is 8.29. The Balaban J connectivity index is 3.09. The van der Waals surface area contributed by atoms with Crippen LogP contribution in [0.2, 0.25) is 0 Å². The third kappa shape index (κ3) is 4.92. The molecule has 24 heavy (non-hydrogen) atoms. The molecular formula is C20H34O4. The zero-order valence-corrected chi connectivity index (χ0v) is 16.0. The molecule has 0 aliphatic heterocycles. The summed E-state index contributed by atoms with van der Waals surface area (Å²) in [5.74, 6) is -1.36. The van der Waals surface area contributed by atoms with Gasteiger partial charge in [0.1, 0.15) is 5.76 Å². The topological polar surface area (TPSA) is 74.6 Å². The van der Waals surface area contributed by atoms with Crippen LogP contribution in [0.1, 0.15) is 67.2 Å². The van der Waals surface area contributed by atoms with Gasteiger partial charge in [0.25, 0.3) is 0 Å². The molecular weight excluding hydrogens is 304 g/mol. The van der Waals surface area contributed by atoms with Crippen LogP contribution in [0.4, 0.5) is 0 Å². The Labute approximate surface area is 146 Å². The fourth-order valence-corrected chi connectivity index (χ4v) is 3.33. The number of hydrogen-bond acceptors (Lipinski definition) is 4. The zero-order valence-electron chi connectivity index (χ0n) is 16.0. The molecule has 0 saturated heterocycles. The van der Waals surface area contributed by atoms with Crippen LogP contribution in [0.3, 0.4) is 0 Å². The van der Waals surface area contributed by atoms with E-state index in [4.69, 9.17) is 0 Å². The number of aliphatic hydroxyl groups is 2. The first-order valence-corrected chi connectivity index (χ1v) is 9.27. The van der Waals surface area contributed by atoms with E-state index < -0.39 is 17.9 Å². The van der Waals surface area contributed by atoms with Gasteiger partial charge in [-0.25, -0.2) is 0 Å². The van der Waals surface area contributed by atoms with Crippen molar-refractivity contribution in [2.24, 2.45) is 29.6 Å². The molecule has 0 saturated carbocycles. The second-order valence-corrected chi connectivity index (χ2v) is 8.29. The minimum absolute atomic E-state index is 0.0626. The van der Waals surface area contributed by atoms with Crippen molar-refractivity contribution in [3.8, 4) is 0 Å². The molecule has 0 fully saturated rings. The third-order valence-corrected chi connectivity index (χ3v) is 4.87. The summed E-state index contributed by atoms with van der Waals surface area (Å²) in [4.78, 5) is 25.1. The minimum Gasteiger partial charge on any atom is -0.511 e. The molecule has 0 aromatic heterocycles. The van der Waals surface area contributed by atoms with Crippen LogP contribution in [-0.4, -0.2) is 27.9 Å². The molecule has 0 aromatic carbocycles. The van der Waals surface area contributed by atoms with Gasteiger partial charge in [-0.15, -0.1) is 0 Å². The first-order valence-electron chi connectivity index (χ1n) is 9.27. The Morgan fingerprint density at radius 2 is 1.54 bits per heavy atom. The van der Waals surface area contributed by atoms with Gasteiger partial charge in [0.2, 0.25) is 0 Å². The van der Waals surface area contributed by atoms with E-state index in [-0.39, 0.29) is 28.8 Å². The summed E-state index contributed by atoms with van der Waals surface area (Å²) in [6.07, 6.45) is 2.00. The molecule has 0 bridgehead atoms. The SMILES string of the molecule is CC(C)CCC(O)C1C(O)=C(C(=O)C(C)C)C(=O)C1CCC(C)C. The highest BCUT2D eigenvalue weighted by Gasteiger charge is 2.47. The maximum absolute atomic E-state index is 12.8. The fourth-order valence-electron chi connectivity index (χ4n) is 3.33. The maximum Gasteiger partial charge on any atom is 0.173 e. The van der Waals surface area contributed by atoms with Crippen molar-refractivity contribution in [2.45, 2.75) is 73.3 Å². The minimum atomic E-state index is -0.786. The summed E-state index contributed by atoms with van der Waals surface area (Å²) < 4.78 is 0. The van der Waals surface area contributed by atoms with E-state index in [0.717, 1.165) is 12.8 Å². The lowest BCUT2D eigenvalue weighted by molar-refractivity contribution is -0.125. The van der Waals surface area contributed by atoms with Crippen molar-refractivity contribution in [1.82, 2.24) is 0 Å². The molecule has 2 N–H and O–H groups in total. The summed E-state index contributed by atoms with van der Waals surface area (Å²) in [5, 5.41) is 21.2. The monoisotopic (exact) mass is 338 g/mol. The van der Waals surface area contributed by atoms with E-state index in [9.17, 15) is 19.8 Å². The summed E-state index contributed by atoms with van der Waals surface area (Å²) in [5.41, 5.74) is -0.0626. The van der Waals surface area contributed by atoms with Crippen LogP contribution in [0.15, 0.2) is 11.3 Å². The van der Waals surface area contributed by atoms with Gasteiger partial charge < -0.3 is 10.2 Å². The molecule has 1 rings (SSSR count). The highest BCUT2D eigenvalue weighted by molar-refractivity contribution is 6.23. The lowest BCUT2D eigenvalue weighted by Crippen LogP contribution is -2.30.